The summed E-state index contributed by atoms with van der Waals surface area (Å²) in [5, 5.41) is 3.69. The largest absolute Gasteiger partial charge is 0.497 e. The van der Waals surface area contributed by atoms with Gasteiger partial charge in [0, 0.05) is 49.5 Å². The van der Waals surface area contributed by atoms with E-state index < -0.39 is 0 Å². The number of nitrogens with zero attached hydrogens (tertiary/aromatic N) is 2. The van der Waals surface area contributed by atoms with Crippen LogP contribution < -0.4 is 10.1 Å². The van der Waals surface area contributed by atoms with Gasteiger partial charge >= 0.3 is 0 Å². The molecule has 1 aromatic rings. The molecule has 4 nitrogen and oxygen atoms in total. The Balaban J connectivity index is 2.08. The lowest BCUT2D eigenvalue weighted by molar-refractivity contribution is 0.117. The van der Waals surface area contributed by atoms with Crippen LogP contribution in [0.5, 0.6) is 5.75 Å². The quantitative estimate of drug-likeness (QED) is 0.896. The second kappa shape index (κ2) is 6.55. The lowest BCUT2D eigenvalue weighted by Crippen LogP contribution is -2.59. The number of nitrogens with one attached hydrogen (secondary N) is 1. The van der Waals surface area contributed by atoms with Crippen LogP contribution in [-0.4, -0.2) is 42.2 Å². The molecule has 1 aliphatic heterocycles. The highest BCUT2D eigenvalue weighted by atomic mass is 16.5. The van der Waals surface area contributed by atoms with Crippen LogP contribution >= 0.6 is 0 Å². The number of hydrogen-bond acceptors (Lipinski definition) is 4. The first-order chi connectivity index (χ1) is 9.60. The van der Waals surface area contributed by atoms with Gasteiger partial charge in [0.15, 0.2) is 0 Å². The van der Waals surface area contributed by atoms with Crippen molar-refractivity contribution in [2.75, 3.05) is 26.7 Å². The van der Waals surface area contributed by atoms with E-state index in [0.29, 0.717) is 0 Å². The average molecular weight is 277 g/mol. The lowest BCUT2D eigenvalue weighted by atomic mass is 9.90. The van der Waals surface area contributed by atoms with Crippen molar-refractivity contribution >= 4 is 0 Å². The number of ether oxygens (including phenoxy) is 1. The number of rotatable bonds is 5. The fourth-order valence-electron chi connectivity index (χ4n) is 3.03. The Morgan fingerprint density at radius 3 is 2.75 bits per heavy atom. The maximum atomic E-state index is 5.34. The van der Waals surface area contributed by atoms with Crippen LogP contribution in [-0.2, 0) is 6.54 Å². The monoisotopic (exact) mass is 277 g/mol. The summed E-state index contributed by atoms with van der Waals surface area (Å²) in [4.78, 5) is 7.14. The zero-order valence-electron chi connectivity index (χ0n) is 13.2. The van der Waals surface area contributed by atoms with Crippen molar-refractivity contribution < 1.29 is 4.74 Å². The van der Waals surface area contributed by atoms with Crippen LogP contribution in [0.15, 0.2) is 12.1 Å². The molecule has 2 heterocycles. The van der Waals surface area contributed by atoms with E-state index in [4.69, 9.17) is 4.74 Å². The molecule has 1 N–H and O–H groups in total. The standard InChI is InChI=1S/C16H27N3O/c1-5-16(6-2)12-19(8-7-17-16)11-14-10-15(20-4)9-13(3)18-14/h9-10,17H,5-8,11-12H2,1-4H3. The Labute approximate surface area is 122 Å². The zero-order chi connectivity index (χ0) is 14.6. The highest BCUT2D eigenvalue weighted by molar-refractivity contribution is 5.26. The van der Waals surface area contributed by atoms with Crippen LogP contribution in [0.25, 0.3) is 0 Å². The van der Waals surface area contributed by atoms with E-state index in [2.05, 4.69) is 35.1 Å². The lowest BCUT2D eigenvalue weighted by Gasteiger charge is -2.43. The predicted octanol–water partition coefficient (Wildman–Crippen LogP) is 2.36. The highest BCUT2D eigenvalue weighted by Crippen LogP contribution is 2.22. The Morgan fingerprint density at radius 2 is 2.10 bits per heavy atom. The molecule has 0 atom stereocenters. The fraction of sp³-hybridized carbons (Fsp3) is 0.688. The van der Waals surface area contributed by atoms with E-state index in [9.17, 15) is 0 Å². The Kier molecular flexibility index (Phi) is 5.00. The molecule has 1 aromatic heterocycles. The maximum Gasteiger partial charge on any atom is 0.122 e. The molecule has 0 spiro atoms. The predicted molar refractivity (Wildman–Crippen MR) is 82.1 cm³/mol. The van der Waals surface area contributed by atoms with E-state index in [1.807, 2.05) is 13.0 Å². The van der Waals surface area contributed by atoms with Crippen molar-refractivity contribution in [2.24, 2.45) is 0 Å². The van der Waals surface area contributed by atoms with Gasteiger partial charge in [0.05, 0.1) is 12.8 Å². The molecule has 0 saturated carbocycles. The molecule has 0 aliphatic carbocycles. The van der Waals surface area contributed by atoms with E-state index in [-0.39, 0.29) is 5.54 Å². The molecule has 1 aliphatic rings. The number of hydrogen-bond donors (Lipinski definition) is 1. The number of aryl methyl sites for hydroxylation is 1. The third-order valence-electron chi connectivity index (χ3n) is 4.41. The summed E-state index contributed by atoms with van der Waals surface area (Å²) < 4.78 is 5.34. The van der Waals surface area contributed by atoms with Crippen LogP contribution in [0.1, 0.15) is 38.1 Å². The number of aromatic nitrogens is 1. The van der Waals surface area contributed by atoms with Crippen molar-refractivity contribution in [3.8, 4) is 5.75 Å². The van der Waals surface area contributed by atoms with E-state index in [1.54, 1.807) is 7.11 Å². The van der Waals surface area contributed by atoms with Gasteiger partial charge in [-0.25, -0.2) is 0 Å². The molecule has 0 bridgehead atoms. The van der Waals surface area contributed by atoms with E-state index >= 15 is 0 Å². The minimum Gasteiger partial charge on any atom is -0.497 e. The Hall–Kier alpha value is -1.13. The second-order valence-corrected chi connectivity index (χ2v) is 5.76. The normalized spacial score (nSPS) is 19.0. The van der Waals surface area contributed by atoms with E-state index in [1.165, 1.54) is 12.8 Å². The summed E-state index contributed by atoms with van der Waals surface area (Å²) in [6, 6.07) is 4.03. The molecule has 0 radical (unpaired) electrons. The minimum absolute atomic E-state index is 0.270. The van der Waals surface area contributed by atoms with Crippen molar-refractivity contribution in [3.63, 3.8) is 0 Å². The SMILES string of the molecule is CCC1(CC)CN(Cc2cc(OC)cc(C)n2)CCN1. The molecular weight excluding hydrogens is 250 g/mol. The molecule has 112 valence electrons. The van der Waals surface area contributed by atoms with Crippen LogP contribution in [0.3, 0.4) is 0 Å². The summed E-state index contributed by atoms with van der Waals surface area (Å²) in [5.41, 5.74) is 2.39. The van der Waals surface area contributed by atoms with Crippen molar-refractivity contribution in [1.29, 1.82) is 0 Å². The van der Waals surface area contributed by atoms with Crippen molar-refractivity contribution in [1.82, 2.24) is 15.2 Å². The topological polar surface area (TPSA) is 37.4 Å². The Morgan fingerprint density at radius 1 is 1.35 bits per heavy atom. The van der Waals surface area contributed by atoms with Gasteiger partial charge in [-0.3, -0.25) is 9.88 Å². The van der Waals surface area contributed by atoms with Gasteiger partial charge in [-0.1, -0.05) is 13.8 Å². The van der Waals surface area contributed by atoms with Gasteiger partial charge < -0.3 is 10.1 Å². The molecule has 2 rings (SSSR count). The summed E-state index contributed by atoms with van der Waals surface area (Å²) in [6.45, 7) is 10.7. The van der Waals surface area contributed by atoms with Crippen molar-refractivity contribution in [3.05, 3.63) is 23.5 Å². The van der Waals surface area contributed by atoms with Crippen LogP contribution in [0.4, 0.5) is 0 Å². The van der Waals surface area contributed by atoms with Gasteiger partial charge in [-0.15, -0.1) is 0 Å². The fourth-order valence-corrected chi connectivity index (χ4v) is 3.03. The third-order valence-corrected chi connectivity index (χ3v) is 4.41. The van der Waals surface area contributed by atoms with Gasteiger partial charge in [-0.2, -0.15) is 0 Å². The first-order valence-electron chi connectivity index (χ1n) is 7.59. The molecule has 1 saturated heterocycles. The molecule has 20 heavy (non-hydrogen) atoms. The second-order valence-electron chi connectivity index (χ2n) is 5.76. The smallest absolute Gasteiger partial charge is 0.122 e. The van der Waals surface area contributed by atoms with Crippen molar-refractivity contribution in [2.45, 2.75) is 45.7 Å². The molecule has 0 aromatic carbocycles. The molecule has 0 amide bonds. The van der Waals surface area contributed by atoms with Gasteiger partial charge in [0.2, 0.25) is 0 Å². The number of piperazine rings is 1. The number of methoxy groups -OCH3 is 1. The molecule has 0 unspecified atom stereocenters. The summed E-state index contributed by atoms with van der Waals surface area (Å²) in [5.74, 6) is 0.903. The van der Waals surface area contributed by atoms with E-state index in [0.717, 1.165) is 43.3 Å². The third kappa shape index (κ3) is 3.49. The minimum atomic E-state index is 0.270. The Bertz CT molecular complexity index is 443. The van der Waals surface area contributed by atoms with Gasteiger partial charge in [-0.05, 0) is 19.8 Å². The molecular formula is C16H27N3O. The van der Waals surface area contributed by atoms with Gasteiger partial charge in [0.25, 0.3) is 0 Å². The summed E-state index contributed by atoms with van der Waals surface area (Å²) in [7, 11) is 1.71. The zero-order valence-corrected chi connectivity index (χ0v) is 13.2. The molecule has 1 fully saturated rings. The first kappa shape index (κ1) is 15.3. The van der Waals surface area contributed by atoms with Crippen LogP contribution in [0, 0.1) is 6.92 Å². The molecule has 4 heteroatoms. The highest BCUT2D eigenvalue weighted by Gasteiger charge is 2.31. The average Bonchev–Trinajstić information content (AvgIpc) is 2.46. The maximum absolute atomic E-state index is 5.34. The van der Waals surface area contributed by atoms with Gasteiger partial charge in [0.1, 0.15) is 5.75 Å². The van der Waals surface area contributed by atoms with Crippen LogP contribution in [0.2, 0.25) is 0 Å². The summed E-state index contributed by atoms with van der Waals surface area (Å²) >= 11 is 0. The first-order valence-corrected chi connectivity index (χ1v) is 7.59. The number of pyridine rings is 1. The summed E-state index contributed by atoms with van der Waals surface area (Å²) in [6.07, 6.45) is 2.34.